The molecule has 0 spiro atoms. The Balaban J connectivity index is 2.03. The van der Waals surface area contributed by atoms with Crippen molar-refractivity contribution in [1.82, 2.24) is 4.31 Å². The number of thiophene rings is 1. The molecule has 0 saturated carbocycles. The Morgan fingerprint density at radius 3 is 2.94 bits per heavy atom. The summed E-state index contributed by atoms with van der Waals surface area (Å²) in [4.78, 5) is 1.37. The lowest BCUT2D eigenvalue weighted by Crippen LogP contribution is -2.34. The molecule has 0 bridgehead atoms. The highest BCUT2D eigenvalue weighted by Crippen LogP contribution is 2.37. The maximum atomic E-state index is 11.8. The summed E-state index contributed by atoms with van der Waals surface area (Å²) in [7, 11) is -3.01. The van der Waals surface area contributed by atoms with Gasteiger partial charge in [0, 0.05) is 29.0 Å². The van der Waals surface area contributed by atoms with Gasteiger partial charge in [-0.05, 0) is 24.8 Å². The molecule has 1 aromatic heterocycles. The molecule has 2 heterocycles. The molecule has 17 heavy (non-hydrogen) atoms. The van der Waals surface area contributed by atoms with Gasteiger partial charge >= 0.3 is 0 Å². The van der Waals surface area contributed by atoms with Gasteiger partial charge in [-0.1, -0.05) is 6.07 Å². The van der Waals surface area contributed by atoms with E-state index in [1.807, 2.05) is 11.8 Å². The summed E-state index contributed by atoms with van der Waals surface area (Å²) in [6.07, 6.45) is 0.921. The van der Waals surface area contributed by atoms with E-state index in [4.69, 9.17) is 0 Å². The Bertz CT molecular complexity index is 441. The smallest absolute Gasteiger partial charge is 0.212 e. The van der Waals surface area contributed by atoms with Crippen LogP contribution in [0.3, 0.4) is 0 Å². The average Bonchev–Trinajstić information content (AvgIpc) is 2.73. The van der Waals surface area contributed by atoms with Gasteiger partial charge in [0.25, 0.3) is 0 Å². The molecule has 1 aliphatic heterocycles. The quantitative estimate of drug-likeness (QED) is 0.859. The lowest BCUT2D eigenvalue weighted by Gasteiger charge is -2.18. The maximum absolute atomic E-state index is 11.8. The molecule has 0 radical (unpaired) electrons. The van der Waals surface area contributed by atoms with Gasteiger partial charge in [-0.2, -0.15) is 11.8 Å². The largest absolute Gasteiger partial charge is 0.213 e. The van der Waals surface area contributed by atoms with Crippen LogP contribution in [0, 0.1) is 0 Å². The van der Waals surface area contributed by atoms with Crippen molar-refractivity contribution < 1.29 is 8.42 Å². The molecule has 1 unspecified atom stereocenters. The summed E-state index contributed by atoms with van der Waals surface area (Å²) in [6.45, 7) is 3.03. The first-order valence-corrected chi connectivity index (χ1v) is 9.30. The van der Waals surface area contributed by atoms with Crippen LogP contribution in [-0.2, 0) is 10.0 Å². The van der Waals surface area contributed by atoms with E-state index in [0.717, 1.165) is 12.2 Å². The highest BCUT2D eigenvalue weighted by molar-refractivity contribution is 7.99. The second kappa shape index (κ2) is 5.73. The first kappa shape index (κ1) is 13.4. The van der Waals surface area contributed by atoms with E-state index in [-0.39, 0.29) is 5.75 Å². The summed E-state index contributed by atoms with van der Waals surface area (Å²) in [6, 6.07) is 4.21. The Kier molecular flexibility index (Phi) is 4.52. The summed E-state index contributed by atoms with van der Waals surface area (Å²) in [5.41, 5.74) is 0. The topological polar surface area (TPSA) is 37.4 Å². The minimum Gasteiger partial charge on any atom is -0.212 e. The predicted octanol–water partition coefficient (Wildman–Crippen LogP) is 2.58. The minimum absolute atomic E-state index is 0.210. The van der Waals surface area contributed by atoms with E-state index < -0.39 is 10.0 Å². The van der Waals surface area contributed by atoms with E-state index >= 15 is 0 Å². The number of hydrogen-bond acceptors (Lipinski definition) is 4. The summed E-state index contributed by atoms with van der Waals surface area (Å²) >= 11 is 3.64. The Morgan fingerprint density at radius 2 is 2.29 bits per heavy atom. The van der Waals surface area contributed by atoms with Gasteiger partial charge in [0.1, 0.15) is 0 Å². The van der Waals surface area contributed by atoms with Crippen LogP contribution in [0.15, 0.2) is 17.5 Å². The van der Waals surface area contributed by atoms with Crippen LogP contribution in [0.2, 0.25) is 0 Å². The van der Waals surface area contributed by atoms with E-state index in [1.54, 1.807) is 22.6 Å². The minimum atomic E-state index is -3.01. The molecule has 3 nitrogen and oxygen atoms in total. The molecule has 96 valence electrons. The van der Waals surface area contributed by atoms with Crippen molar-refractivity contribution in [2.24, 2.45) is 0 Å². The van der Waals surface area contributed by atoms with Crippen molar-refractivity contribution in [2.75, 3.05) is 24.6 Å². The van der Waals surface area contributed by atoms with Gasteiger partial charge < -0.3 is 0 Å². The molecule has 1 fully saturated rings. The van der Waals surface area contributed by atoms with Crippen molar-refractivity contribution in [3.05, 3.63) is 22.4 Å². The highest BCUT2D eigenvalue weighted by Gasteiger charge is 2.25. The molecule has 1 atom stereocenters. The van der Waals surface area contributed by atoms with Crippen LogP contribution < -0.4 is 0 Å². The fourth-order valence-electron chi connectivity index (χ4n) is 1.91. The number of nitrogens with zero attached hydrogens (tertiary/aromatic N) is 1. The lowest BCUT2D eigenvalue weighted by atomic mass is 10.2. The third kappa shape index (κ3) is 3.24. The second-order valence-electron chi connectivity index (χ2n) is 3.96. The lowest BCUT2D eigenvalue weighted by molar-refractivity contribution is 0.429. The van der Waals surface area contributed by atoms with Crippen molar-refractivity contribution >= 4 is 33.1 Å². The van der Waals surface area contributed by atoms with Gasteiger partial charge in [-0.15, -0.1) is 11.3 Å². The zero-order valence-electron chi connectivity index (χ0n) is 9.83. The van der Waals surface area contributed by atoms with Gasteiger partial charge in [0.2, 0.25) is 10.0 Å². The van der Waals surface area contributed by atoms with Crippen LogP contribution in [0.1, 0.15) is 23.5 Å². The third-order valence-corrected chi connectivity index (χ3v) is 7.25. The molecule has 1 aromatic rings. The zero-order chi connectivity index (χ0) is 12.3. The van der Waals surface area contributed by atoms with E-state index in [1.165, 1.54) is 4.88 Å². The summed E-state index contributed by atoms with van der Waals surface area (Å²) in [5.74, 6) is 1.10. The molecule has 0 aliphatic carbocycles. The number of sulfonamides is 1. The van der Waals surface area contributed by atoms with Crippen LogP contribution in [0.4, 0.5) is 0 Å². The molecule has 0 amide bonds. The molecule has 6 heteroatoms. The zero-order valence-corrected chi connectivity index (χ0v) is 12.3. The van der Waals surface area contributed by atoms with Crippen LogP contribution >= 0.6 is 23.1 Å². The Labute approximate surface area is 111 Å². The van der Waals surface area contributed by atoms with Crippen LogP contribution in [-0.4, -0.2) is 37.3 Å². The fraction of sp³-hybridized carbons (Fsp3) is 0.636. The average molecular weight is 291 g/mol. The molecule has 0 aromatic carbocycles. The Hall–Kier alpha value is -0.0400. The number of thioether (sulfide) groups is 1. The number of hydrogen-bond donors (Lipinski definition) is 0. The summed E-state index contributed by atoms with van der Waals surface area (Å²) < 4.78 is 25.3. The molecule has 0 N–H and O–H groups in total. The monoisotopic (exact) mass is 291 g/mol. The van der Waals surface area contributed by atoms with E-state index in [9.17, 15) is 8.42 Å². The third-order valence-electron chi connectivity index (χ3n) is 2.92. The predicted molar refractivity (Wildman–Crippen MR) is 75.2 cm³/mol. The maximum Gasteiger partial charge on any atom is 0.213 e. The van der Waals surface area contributed by atoms with Gasteiger partial charge in [-0.3, -0.25) is 0 Å². The molecule has 2 rings (SSSR count). The molecule has 1 aliphatic rings. The van der Waals surface area contributed by atoms with Gasteiger partial charge in [-0.25, -0.2) is 12.7 Å². The first-order valence-electron chi connectivity index (χ1n) is 5.76. The van der Waals surface area contributed by atoms with Crippen molar-refractivity contribution in [1.29, 1.82) is 0 Å². The normalized spacial score (nSPS) is 23.5. The molecular formula is C11H17NO2S3. The van der Waals surface area contributed by atoms with Crippen molar-refractivity contribution in [3.8, 4) is 0 Å². The van der Waals surface area contributed by atoms with Crippen LogP contribution in [0.25, 0.3) is 0 Å². The summed E-state index contributed by atoms with van der Waals surface area (Å²) in [5, 5.41) is 2.55. The van der Waals surface area contributed by atoms with Crippen LogP contribution in [0.5, 0.6) is 0 Å². The van der Waals surface area contributed by atoms with Gasteiger partial charge in [0.05, 0.1) is 5.75 Å². The van der Waals surface area contributed by atoms with Crippen molar-refractivity contribution in [2.45, 2.75) is 18.6 Å². The first-order chi connectivity index (χ1) is 8.13. The number of rotatable bonds is 3. The SMILES string of the molecule is CCS(=O)(=O)N1CCSC(c2cccs2)CC1. The fourth-order valence-corrected chi connectivity index (χ4v) is 5.38. The highest BCUT2D eigenvalue weighted by atomic mass is 32.2. The second-order valence-corrected chi connectivity index (χ2v) is 8.51. The van der Waals surface area contributed by atoms with Gasteiger partial charge in [0.15, 0.2) is 0 Å². The molecule has 1 saturated heterocycles. The van der Waals surface area contributed by atoms with E-state index in [0.29, 0.717) is 18.3 Å². The van der Waals surface area contributed by atoms with Crippen molar-refractivity contribution in [3.63, 3.8) is 0 Å². The van der Waals surface area contributed by atoms with E-state index in [2.05, 4.69) is 17.5 Å². The Morgan fingerprint density at radius 1 is 1.47 bits per heavy atom. The molecular weight excluding hydrogens is 274 g/mol. The standard InChI is InChI=1S/C11H17NO2S3/c1-2-17(13,14)12-6-5-11(16-9-7-12)10-4-3-8-15-10/h3-4,8,11H,2,5-7,9H2,1H3.